The topological polar surface area (TPSA) is 91.2 Å². The summed E-state index contributed by atoms with van der Waals surface area (Å²) in [4.78, 5) is 26.4. The summed E-state index contributed by atoms with van der Waals surface area (Å²) in [5.74, 6) is -1.48. The number of nitrogens with one attached hydrogen (secondary N) is 2. The summed E-state index contributed by atoms with van der Waals surface area (Å²) in [7, 11) is 0. The fraction of sp³-hybridized carbons (Fsp3) is 0.194. The second-order valence-electron chi connectivity index (χ2n) is 8.66. The van der Waals surface area contributed by atoms with E-state index in [-0.39, 0.29) is 23.8 Å². The zero-order valence-corrected chi connectivity index (χ0v) is 23.2. The minimum atomic E-state index is -0.786. The number of amides is 1. The van der Waals surface area contributed by atoms with Crippen molar-refractivity contribution < 1.29 is 14.3 Å². The second kappa shape index (κ2) is 13.2. The maximum atomic E-state index is 13.4. The highest BCUT2D eigenvalue weighted by Crippen LogP contribution is 2.45. The van der Waals surface area contributed by atoms with E-state index < -0.39 is 11.9 Å². The number of dihydropyridines is 1. The van der Waals surface area contributed by atoms with Crippen molar-refractivity contribution in [3.05, 3.63) is 117 Å². The number of carbonyl (C=O) groups excluding carboxylic acids is 2. The number of hydrogen-bond donors (Lipinski definition) is 2. The number of allylic oxidation sites excluding steroid dienone is 1. The molecule has 3 aromatic rings. The fourth-order valence-electron chi connectivity index (χ4n) is 4.45. The molecule has 6 nitrogen and oxygen atoms in total. The molecule has 0 spiro atoms. The first-order valence-electron chi connectivity index (χ1n) is 12.6. The van der Waals surface area contributed by atoms with Gasteiger partial charge in [0.05, 0.1) is 46.2 Å². The standard InChI is InChI=1S/C31H28ClN3O3S/c1-3-20-12-8-11-17-25(20)34-26(36)19-39-30-23(18-33)27(22-15-9-10-16-24(22)32)28(31(37)38-4-2)29(35-30)21-13-6-5-7-14-21/h5-17,27,35H,3-4,19H2,1-2H3,(H,34,36)/t27-/m1/s1. The van der Waals surface area contributed by atoms with Gasteiger partial charge in [0.25, 0.3) is 0 Å². The Labute approximate surface area is 237 Å². The average molecular weight is 558 g/mol. The zero-order valence-electron chi connectivity index (χ0n) is 21.7. The number of thioether (sulfide) groups is 1. The van der Waals surface area contributed by atoms with Gasteiger partial charge >= 0.3 is 5.97 Å². The Morgan fingerprint density at radius 1 is 1.03 bits per heavy atom. The number of benzene rings is 3. The smallest absolute Gasteiger partial charge is 0.337 e. The van der Waals surface area contributed by atoms with Crippen LogP contribution in [0.15, 0.2) is 95.0 Å². The SMILES string of the molecule is CCOC(=O)C1=C(c2ccccc2)NC(SCC(=O)Nc2ccccc2CC)=C(C#N)[C@H]1c1ccccc1Cl. The Kier molecular flexibility index (Phi) is 9.48. The number of nitrogens with zero attached hydrogens (tertiary/aromatic N) is 1. The molecule has 0 saturated heterocycles. The Balaban J connectivity index is 1.77. The van der Waals surface area contributed by atoms with Gasteiger partial charge in [-0.15, -0.1) is 0 Å². The van der Waals surface area contributed by atoms with E-state index >= 15 is 0 Å². The molecule has 0 bridgehead atoms. The summed E-state index contributed by atoms with van der Waals surface area (Å²) in [5, 5.41) is 17.5. The molecule has 1 aliphatic rings. The van der Waals surface area contributed by atoms with Gasteiger partial charge in [-0.25, -0.2) is 4.79 Å². The van der Waals surface area contributed by atoms with E-state index in [1.54, 1.807) is 25.1 Å². The van der Waals surface area contributed by atoms with Crippen molar-refractivity contribution in [3.63, 3.8) is 0 Å². The summed E-state index contributed by atoms with van der Waals surface area (Å²) < 4.78 is 5.46. The van der Waals surface area contributed by atoms with Crippen molar-refractivity contribution in [3.8, 4) is 6.07 Å². The van der Waals surface area contributed by atoms with Crippen LogP contribution in [-0.2, 0) is 20.7 Å². The van der Waals surface area contributed by atoms with Gasteiger partial charge in [-0.2, -0.15) is 5.26 Å². The maximum Gasteiger partial charge on any atom is 0.337 e. The first-order valence-corrected chi connectivity index (χ1v) is 14.0. The lowest BCUT2D eigenvalue weighted by atomic mass is 9.81. The van der Waals surface area contributed by atoms with Crippen molar-refractivity contribution in [1.29, 1.82) is 5.26 Å². The molecule has 0 aliphatic carbocycles. The Morgan fingerprint density at radius 3 is 2.41 bits per heavy atom. The van der Waals surface area contributed by atoms with Gasteiger partial charge in [-0.3, -0.25) is 4.79 Å². The van der Waals surface area contributed by atoms with Gasteiger partial charge in [-0.1, -0.05) is 97.0 Å². The van der Waals surface area contributed by atoms with E-state index in [2.05, 4.69) is 16.7 Å². The molecule has 1 aliphatic heterocycles. The number of halogens is 1. The molecule has 4 rings (SSSR count). The third-order valence-electron chi connectivity index (χ3n) is 6.24. The molecule has 0 unspecified atom stereocenters. The predicted molar refractivity (Wildman–Crippen MR) is 157 cm³/mol. The summed E-state index contributed by atoms with van der Waals surface area (Å²) in [6.07, 6.45) is 0.788. The Hall–Kier alpha value is -3.99. The van der Waals surface area contributed by atoms with Gasteiger partial charge in [0.2, 0.25) is 5.91 Å². The monoisotopic (exact) mass is 557 g/mol. The lowest BCUT2D eigenvalue weighted by molar-refractivity contribution is -0.138. The number of rotatable bonds is 9. The molecule has 0 fully saturated rings. The molecule has 0 radical (unpaired) electrons. The normalized spacial score (nSPS) is 14.9. The number of esters is 1. The highest BCUT2D eigenvalue weighted by molar-refractivity contribution is 8.03. The van der Waals surface area contributed by atoms with E-state index in [0.717, 1.165) is 23.2 Å². The van der Waals surface area contributed by atoms with Crippen LogP contribution in [0.3, 0.4) is 0 Å². The lowest BCUT2D eigenvalue weighted by Crippen LogP contribution is -2.30. The molecule has 8 heteroatoms. The van der Waals surface area contributed by atoms with Crippen LogP contribution in [0.1, 0.15) is 36.5 Å². The first-order chi connectivity index (χ1) is 19.0. The first kappa shape index (κ1) is 28.0. The quantitative estimate of drug-likeness (QED) is 0.285. The number of para-hydroxylation sites is 1. The highest BCUT2D eigenvalue weighted by atomic mass is 35.5. The van der Waals surface area contributed by atoms with E-state index in [0.29, 0.717) is 26.9 Å². The largest absolute Gasteiger partial charge is 0.463 e. The fourth-order valence-corrected chi connectivity index (χ4v) is 5.54. The summed E-state index contributed by atoms with van der Waals surface area (Å²) >= 11 is 7.82. The van der Waals surface area contributed by atoms with Crippen LogP contribution in [0, 0.1) is 11.3 Å². The number of hydrogen-bond acceptors (Lipinski definition) is 6. The summed E-state index contributed by atoms with van der Waals surface area (Å²) in [6, 6.07) is 26.4. The molecular weight excluding hydrogens is 530 g/mol. The van der Waals surface area contributed by atoms with Crippen LogP contribution in [0.2, 0.25) is 5.02 Å². The van der Waals surface area contributed by atoms with E-state index in [1.165, 1.54) is 11.8 Å². The van der Waals surface area contributed by atoms with Crippen LogP contribution in [0.4, 0.5) is 5.69 Å². The predicted octanol–water partition coefficient (Wildman–Crippen LogP) is 6.67. The molecule has 1 heterocycles. The third-order valence-corrected chi connectivity index (χ3v) is 7.61. The molecule has 1 amide bonds. The van der Waals surface area contributed by atoms with Crippen molar-refractivity contribution >= 4 is 46.6 Å². The minimum Gasteiger partial charge on any atom is -0.463 e. The number of carbonyl (C=O) groups is 2. The number of anilines is 1. The van der Waals surface area contributed by atoms with E-state index in [4.69, 9.17) is 16.3 Å². The molecule has 0 saturated carbocycles. The van der Waals surface area contributed by atoms with Gasteiger partial charge in [0, 0.05) is 10.7 Å². The minimum absolute atomic E-state index is 0.0532. The van der Waals surface area contributed by atoms with E-state index in [1.807, 2.05) is 67.6 Å². The van der Waals surface area contributed by atoms with Gasteiger partial charge in [-0.05, 0) is 42.2 Å². The van der Waals surface area contributed by atoms with Gasteiger partial charge < -0.3 is 15.4 Å². The lowest BCUT2D eigenvalue weighted by Gasteiger charge is -2.31. The second-order valence-corrected chi connectivity index (χ2v) is 10.0. The van der Waals surface area contributed by atoms with Crippen molar-refractivity contribution in [1.82, 2.24) is 5.32 Å². The summed E-state index contributed by atoms with van der Waals surface area (Å²) in [6.45, 7) is 3.94. The molecule has 2 N–H and O–H groups in total. The number of ether oxygens (including phenoxy) is 1. The Morgan fingerprint density at radius 2 is 1.72 bits per heavy atom. The summed E-state index contributed by atoms with van der Waals surface area (Å²) in [5.41, 5.74) is 4.24. The number of nitriles is 1. The highest BCUT2D eigenvalue weighted by Gasteiger charge is 2.38. The molecule has 3 aromatic carbocycles. The van der Waals surface area contributed by atoms with Crippen molar-refractivity contribution in [2.75, 3.05) is 17.7 Å². The molecule has 198 valence electrons. The van der Waals surface area contributed by atoms with Crippen LogP contribution < -0.4 is 10.6 Å². The average Bonchev–Trinajstić information content (AvgIpc) is 2.96. The molecule has 1 atom stereocenters. The third kappa shape index (κ3) is 6.36. The van der Waals surface area contributed by atoms with E-state index in [9.17, 15) is 14.9 Å². The van der Waals surface area contributed by atoms with Crippen LogP contribution >= 0.6 is 23.4 Å². The molecule has 0 aromatic heterocycles. The number of aryl methyl sites for hydroxylation is 1. The maximum absolute atomic E-state index is 13.4. The van der Waals surface area contributed by atoms with Crippen LogP contribution in [-0.4, -0.2) is 24.2 Å². The van der Waals surface area contributed by atoms with Crippen LogP contribution in [0.25, 0.3) is 5.70 Å². The van der Waals surface area contributed by atoms with Crippen LogP contribution in [0.5, 0.6) is 0 Å². The molecular formula is C31H28ClN3O3S. The Bertz CT molecular complexity index is 1480. The van der Waals surface area contributed by atoms with Crippen molar-refractivity contribution in [2.24, 2.45) is 0 Å². The zero-order chi connectivity index (χ0) is 27.8. The van der Waals surface area contributed by atoms with Crippen molar-refractivity contribution in [2.45, 2.75) is 26.2 Å². The molecule has 39 heavy (non-hydrogen) atoms. The van der Waals surface area contributed by atoms with Gasteiger partial charge in [0.1, 0.15) is 0 Å². The van der Waals surface area contributed by atoms with Gasteiger partial charge in [0.15, 0.2) is 0 Å².